The lowest BCUT2D eigenvalue weighted by Gasteiger charge is -2.35. The second kappa shape index (κ2) is 4.60. The molecule has 0 aromatic carbocycles. The van der Waals surface area contributed by atoms with Crippen LogP contribution >= 0.6 is 22.6 Å². The van der Waals surface area contributed by atoms with Gasteiger partial charge in [0.2, 0.25) is 0 Å². The van der Waals surface area contributed by atoms with Crippen LogP contribution in [-0.2, 0) is 0 Å². The Morgan fingerprint density at radius 1 is 1.41 bits per heavy atom. The molecule has 0 heterocycles. The van der Waals surface area contributed by atoms with E-state index < -0.39 is 0 Å². The predicted octanol–water partition coefficient (Wildman–Crippen LogP) is 4.74. The van der Waals surface area contributed by atoms with Gasteiger partial charge in [-0.05, 0) is 48.2 Å². The molecule has 0 aromatic heterocycles. The topological polar surface area (TPSA) is 20.2 Å². The maximum Gasteiger partial charge on any atom is 0.111 e. The minimum Gasteiger partial charge on any atom is -0.508 e. The van der Waals surface area contributed by atoms with E-state index in [0.717, 1.165) is 11.8 Å². The first-order valence-corrected chi connectivity index (χ1v) is 7.66. The Bertz CT molecular complexity index is 348. The number of fused-ring (bicyclic) bond motifs is 1. The summed E-state index contributed by atoms with van der Waals surface area (Å²) in [6.45, 7) is 9.37. The molecule has 3 unspecified atom stereocenters. The Labute approximate surface area is 119 Å². The molecule has 4 atom stereocenters. The zero-order chi connectivity index (χ0) is 12.8. The zero-order valence-electron chi connectivity index (χ0n) is 11.2. The van der Waals surface area contributed by atoms with Crippen molar-refractivity contribution in [3.8, 4) is 0 Å². The van der Waals surface area contributed by atoms with Gasteiger partial charge in [0, 0.05) is 3.42 Å². The minimum absolute atomic E-state index is 0.335. The molecule has 2 rings (SSSR count). The first-order chi connectivity index (χ1) is 7.80. The van der Waals surface area contributed by atoms with Gasteiger partial charge >= 0.3 is 0 Å². The van der Waals surface area contributed by atoms with Crippen molar-refractivity contribution in [3.05, 3.63) is 24.0 Å². The molecule has 2 aliphatic carbocycles. The van der Waals surface area contributed by atoms with Gasteiger partial charge in [-0.1, -0.05) is 56.4 Å². The fourth-order valence-corrected chi connectivity index (χ4v) is 4.41. The lowest BCUT2D eigenvalue weighted by atomic mass is 9.75. The highest BCUT2D eigenvalue weighted by Crippen LogP contribution is 2.54. The van der Waals surface area contributed by atoms with Crippen molar-refractivity contribution in [2.75, 3.05) is 0 Å². The molecule has 0 saturated heterocycles. The summed E-state index contributed by atoms with van der Waals surface area (Å²) in [5, 5.41) is 9.64. The van der Waals surface area contributed by atoms with Crippen molar-refractivity contribution in [3.63, 3.8) is 0 Å². The highest BCUT2D eigenvalue weighted by molar-refractivity contribution is 14.1. The van der Waals surface area contributed by atoms with Crippen LogP contribution < -0.4 is 0 Å². The zero-order valence-corrected chi connectivity index (χ0v) is 13.3. The lowest BCUT2D eigenvalue weighted by molar-refractivity contribution is 0.228. The molecule has 0 aliphatic heterocycles. The molecule has 0 aromatic rings. The van der Waals surface area contributed by atoms with Gasteiger partial charge in [0.15, 0.2) is 0 Å². The van der Waals surface area contributed by atoms with Gasteiger partial charge in [-0.15, -0.1) is 0 Å². The van der Waals surface area contributed by atoms with Crippen molar-refractivity contribution in [1.29, 1.82) is 0 Å². The standard InChI is InChI=1S/C15H23IO/c1-9(2)14-12-6-5-11(17)7-10(12)8-13(14)15(3,4)16/h5-7,9-10,12-14,17H,8H2,1-4H3/t10?,12-,13?,14?/m0/s1. The quantitative estimate of drug-likeness (QED) is 0.566. The van der Waals surface area contributed by atoms with Crippen LogP contribution in [0.3, 0.4) is 0 Å². The maximum atomic E-state index is 9.64. The van der Waals surface area contributed by atoms with Crippen LogP contribution in [0.15, 0.2) is 24.0 Å². The van der Waals surface area contributed by atoms with Crippen molar-refractivity contribution < 1.29 is 5.11 Å². The SMILES string of the molecule is CC(C)C1C(C(C)(C)I)CC2C=C(O)C=C[C@@H]21. The Morgan fingerprint density at radius 2 is 2.06 bits per heavy atom. The molecular weight excluding hydrogens is 323 g/mol. The summed E-state index contributed by atoms with van der Waals surface area (Å²) in [6.07, 6.45) is 7.42. The summed E-state index contributed by atoms with van der Waals surface area (Å²) in [7, 11) is 0. The van der Waals surface area contributed by atoms with E-state index in [1.54, 1.807) is 0 Å². The molecule has 2 heteroatoms. The van der Waals surface area contributed by atoms with Crippen LogP contribution in [0.4, 0.5) is 0 Å². The number of hydrogen-bond donors (Lipinski definition) is 1. The third-order valence-electron chi connectivity index (χ3n) is 4.46. The number of rotatable bonds is 2. The Balaban J connectivity index is 2.30. The summed E-state index contributed by atoms with van der Waals surface area (Å²) < 4.78 is 0.335. The van der Waals surface area contributed by atoms with Crippen LogP contribution in [-0.4, -0.2) is 8.53 Å². The highest BCUT2D eigenvalue weighted by Gasteiger charge is 2.48. The molecule has 96 valence electrons. The molecule has 1 saturated carbocycles. The van der Waals surface area contributed by atoms with E-state index in [-0.39, 0.29) is 0 Å². The van der Waals surface area contributed by atoms with Gasteiger partial charge in [0.1, 0.15) is 5.76 Å². The van der Waals surface area contributed by atoms with Crippen LogP contribution in [0.2, 0.25) is 0 Å². The molecular formula is C15H23IO. The Kier molecular flexibility index (Phi) is 3.64. The fourth-order valence-electron chi connectivity index (χ4n) is 3.74. The molecule has 1 N–H and O–H groups in total. The van der Waals surface area contributed by atoms with Crippen molar-refractivity contribution in [2.24, 2.45) is 29.6 Å². The molecule has 1 fully saturated rings. The Morgan fingerprint density at radius 3 is 2.59 bits per heavy atom. The molecule has 0 spiro atoms. The molecule has 17 heavy (non-hydrogen) atoms. The van der Waals surface area contributed by atoms with Crippen molar-refractivity contribution in [2.45, 2.75) is 37.5 Å². The van der Waals surface area contributed by atoms with Gasteiger partial charge < -0.3 is 5.11 Å². The van der Waals surface area contributed by atoms with E-state index in [2.05, 4.69) is 62.4 Å². The molecule has 0 bridgehead atoms. The smallest absolute Gasteiger partial charge is 0.111 e. The fraction of sp³-hybridized carbons (Fsp3) is 0.733. The third kappa shape index (κ3) is 2.56. The highest BCUT2D eigenvalue weighted by atomic mass is 127. The van der Waals surface area contributed by atoms with E-state index in [1.165, 1.54) is 6.42 Å². The van der Waals surface area contributed by atoms with Gasteiger partial charge in [-0.25, -0.2) is 0 Å². The van der Waals surface area contributed by atoms with E-state index in [4.69, 9.17) is 0 Å². The summed E-state index contributed by atoms with van der Waals surface area (Å²) in [4.78, 5) is 0. The second-order valence-corrected chi connectivity index (χ2v) is 9.20. The second-order valence-electron chi connectivity index (χ2n) is 6.42. The van der Waals surface area contributed by atoms with Crippen molar-refractivity contribution >= 4 is 22.6 Å². The van der Waals surface area contributed by atoms with Crippen LogP contribution in [0.1, 0.15) is 34.1 Å². The predicted molar refractivity (Wildman–Crippen MR) is 81.4 cm³/mol. The number of allylic oxidation sites excluding steroid dienone is 3. The summed E-state index contributed by atoms with van der Waals surface area (Å²) in [5.41, 5.74) is 0. The number of halogens is 1. The minimum atomic E-state index is 0.335. The van der Waals surface area contributed by atoms with Crippen molar-refractivity contribution in [1.82, 2.24) is 0 Å². The molecule has 0 amide bonds. The first kappa shape index (κ1) is 13.4. The van der Waals surface area contributed by atoms with E-state index in [0.29, 0.717) is 26.9 Å². The van der Waals surface area contributed by atoms with Gasteiger partial charge in [-0.3, -0.25) is 0 Å². The van der Waals surface area contributed by atoms with Crippen LogP contribution in [0, 0.1) is 29.6 Å². The van der Waals surface area contributed by atoms with E-state index >= 15 is 0 Å². The average Bonchev–Trinajstić information content (AvgIpc) is 2.55. The van der Waals surface area contributed by atoms with Gasteiger partial charge in [-0.2, -0.15) is 0 Å². The Hall–Kier alpha value is 0.01000. The van der Waals surface area contributed by atoms with Crippen LogP contribution in [0.25, 0.3) is 0 Å². The van der Waals surface area contributed by atoms with Crippen LogP contribution in [0.5, 0.6) is 0 Å². The first-order valence-electron chi connectivity index (χ1n) is 6.58. The average molecular weight is 346 g/mol. The number of aliphatic hydroxyl groups excluding tert-OH is 1. The lowest BCUT2D eigenvalue weighted by Crippen LogP contribution is -2.32. The monoisotopic (exact) mass is 346 g/mol. The largest absolute Gasteiger partial charge is 0.508 e. The number of hydrogen-bond acceptors (Lipinski definition) is 1. The summed E-state index contributed by atoms with van der Waals surface area (Å²) in [6, 6.07) is 0. The third-order valence-corrected chi connectivity index (χ3v) is 5.26. The molecule has 0 radical (unpaired) electrons. The number of aliphatic hydroxyl groups is 1. The summed E-state index contributed by atoms with van der Waals surface area (Å²) >= 11 is 2.60. The van der Waals surface area contributed by atoms with Gasteiger partial charge in [0.05, 0.1) is 0 Å². The van der Waals surface area contributed by atoms with E-state index in [1.807, 2.05) is 6.08 Å². The molecule has 1 nitrogen and oxygen atoms in total. The normalized spacial score (nSPS) is 37.2. The van der Waals surface area contributed by atoms with Gasteiger partial charge in [0.25, 0.3) is 0 Å². The van der Waals surface area contributed by atoms with E-state index in [9.17, 15) is 5.11 Å². The summed E-state index contributed by atoms with van der Waals surface area (Å²) in [5.74, 6) is 3.83. The molecule has 2 aliphatic rings. The number of alkyl halides is 1. The maximum absolute atomic E-state index is 9.64.